The molecular formula is C8H18O3. The van der Waals surface area contributed by atoms with Crippen molar-refractivity contribution in [3.63, 3.8) is 0 Å². The van der Waals surface area contributed by atoms with Crippen LogP contribution in [0.4, 0.5) is 0 Å². The van der Waals surface area contributed by atoms with Crippen LogP contribution in [0.25, 0.3) is 0 Å². The van der Waals surface area contributed by atoms with Crippen LogP contribution in [0.3, 0.4) is 0 Å². The van der Waals surface area contributed by atoms with Gasteiger partial charge in [-0.15, -0.1) is 0 Å². The molecule has 3 nitrogen and oxygen atoms in total. The van der Waals surface area contributed by atoms with Gasteiger partial charge in [-0.2, -0.15) is 0 Å². The Hall–Kier alpha value is -0.570. The highest BCUT2D eigenvalue weighted by molar-refractivity contribution is 5.65. The van der Waals surface area contributed by atoms with Crippen LogP contribution in [0.15, 0.2) is 0 Å². The first-order chi connectivity index (χ1) is 5.04. The quantitative estimate of drug-likeness (QED) is 0.621. The predicted octanol–water partition coefficient (Wildman–Crippen LogP) is 1.20. The lowest BCUT2D eigenvalue weighted by Crippen LogP contribution is -1.89. The number of carbonyl (C=O) groups excluding carboxylic acids is 1. The van der Waals surface area contributed by atoms with Crippen LogP contribution in [0.2, 0.25) is 0 Å². The molecule has 0 radical (unpaired) electrons. The van der Waals surface area contributed by atoms with Crippen molar-refractivity contribution in [2.24, 2.45) is 5.92 Å². The third kappa shape index (κ3) is 26.5. The van der Waals surface area contributed by atoms with Crippen molar-refractivity contribution in [3.05, 3.63) is 0 Å². The van der Waals surface area contributed by atoms with E-state index in [1.165, 1.54) is 14.0 Å². The number of hydrogen-bond acceptors (Lipinski definition) is 3. The minimum Gasteiger partial charge on any atom is -0.469 e. The number of hydrogen-bond donors (Lipinski definition) is 1. The first-order valence-corrected chi connectivity index (χ1v) is 3.70. The molecule has 0 bridgehead atoms. The fourth-order valence-corrected chi connectivity index (χ4v) is 0.258. The van der Waals surface area contributed by atoms with Crippen molar-refractivity contribution in [1.29, 1.82) is 0 Å². The fraction of sp³-hybridized carbons (Fsp3) is 0.875. The number of ether oxygens (including phenoxy) is 1. The lowest BCUT2D eigenvalue weighted by molar-refractivity contribution is -0.137. The summed E-state index contributed by atoms with van der Waals surface area (Å²) in [7, 11) is 1.35. The van der Waals surface area contributed by atoms with E-state index in [1.807, 2.05) is 0 Å². The molecule has 0 unspecified atom stereocenters. The minimum atomic E-state index is -0.245. The molecule has 0 heterocycles. The Morgan fingerprint density at radius 2 is 1.91 bits per heavy atom. The molecule has 0 fully saturated rings. The monoisotopic (exact) mass is 162 g/mol. The fourth-order valence-electron chi connectivity index (χ4n) is 0.258. The summed E-state index contributed by atoms with van der Waals surface area (Å²) in [6.45, 7) is 5.88. The van der Waals surface area contributed by atoms with E-state index in [1.54, 1.807) is 0 Å². The van der Waals surface area contributed by atoms with E-state index in [9.17, 15) is 4.79 Å². The summed E-state index contributed by atoms with van der Waals surface area (Å²) in [6, 6.07) is 0. The molecule has 0 rings (SSSR count). The second-order valence-electron chi connectivity index (χ2n) is 2.60. The topological polar surface area (TPSA) is 46.5 Å². The second kappa shape index (κ2) is 9.43. The van der Waals surface area contributed by atoms with E-state index in [0.29, 0.717) is 12.5 Å². The highest BCUT2D eigenvalue weighted by Crippen LogP contribution is 1.94. The predicted molar refractivity (Wildman–Crippen MR) is 44.2 cm³/mol. The van der Waals surface area contributed by atoms with Crippen LogP contribution in [0.5, 0.6) is 0 Å². The zero-order chi connectivity index (χ0) is 9.28. The van der Waals surface area contributed by atoms with Gasteiger partial charge in [0.1, 0.15) is 0 Å². The molecule has 0 amide bonds. The molecule has 0 saturated heterocycles. The minimum absolute atomic E-state index is 0.245. The number of methoxy groups -OCH3 is 1. The Labute approximate surface area is 68.4 Å². The third-order valence-corrected chi connectivity index (χ3v) is 0.994. The molecule has 68 valence electrons. The van der Waals surface area contributed by atoms with Crippen LogP contribution < -0.4 is 0 Å². The van der Waals surface area contributed by atoms with Gasteiger partial charge in [0.05, 0.1) is 7.11 Å². The van der Waals surface area contributed by atoms with Crippen LogP contribution in [0, 0.1) is 5.92 Å². The molecule has 0 aliphatic heterocycles. The summed E-state index contributed by atoms with van der Waals surface area (Å²) in [6.07, 6.45) is 0.931. The molecule has 0 atom stereocenters. The van der Waals surface area contributed by atoms with Crippen LogP contribution in [0.1, 0.15) is 27.2 Å². The summed E-state index contributed by atoms with van der Waals surface area (Å²) in [5, 5.41) is 8.24. The average molecular weight is 162 g/mol. The summed E-state index contributed by atoms with van der Waals surface area (Å²) in [5.41, 5.74) is 0. The SMILES string of the molecule is CC(C)CCO.COC(C)=O. The largest absolute Gasteiger partial charge is 0.469 e. The van der Waals surface area contributed by atoms with Crippen molar-refractivity contribution in [3.8, 4) is 0 Å². The van der Waals surface area contributed by atoms with Gasteiger partial charge < -0.3 is 9.84 Å². The maximum atomic E-state index is 9.59. The van der Waals surface area contributed by atoms with E-state index in [4.69, 9.17) is 5.11 Å². The average Bonchev–Trinajstić information content (AvgIpc) is 1.89. The first kappa shape index (κ1) is 13.1. The van der Waals surface area contributed by atoms with E-state index in [2.05, 4.69) is 18.6 Å². The van der Waals surface area contributed by atoms with Gasteiger partial charge in [-0.1, -0.05) is 13.8 Å². The molecule has 1 N–H and O–H groups in total. The molecule has 0 aromatic heterocycles. The highest BCUT2D eigenvalue weighted by Gasteiger charge is 1.86. The zero-order valence-corrected chi connectivity index (χ0v) is 7.76. The smallest absolute Gasteiger partial charge is 0.302 e. The van der Waals surface area contributed by atoms with E-state index >= 15 is 0 Å². The maximum Gasteiger partial charge on any atom is 0.302 e. The summed E-state index contributed by atoms with van der Waals surface area (Å²) >= 11 is 0. The Morgan fingerprint density at radius 3 is 1.91 bits per heavy atom. The Morgan fingerprint density at radius 1 is 1.55 bits per heavy atom. The second-order valence-corrected chi connectivity index (χ2v) is 2.60. The first-order valence-electron chi connectivity index (χ1n) is 3.70. The van der Waals surface area contributed by atoms with Crippen molar-refractivity contribution in [2.75, 3.05) is 13.7 Å². The molecule has 0 spiro atoms. The third-order valence-electron chi connectivity index (χ3n) is 0.994. The molecule has 3 heteroatoms. The lowest BCUT2D eigenvalue weighted by Gasteiger charge is -1.95. The van der Waals surface area contributed by atoms with Crippen molar-refractivity contribution < 1.29 is 14.6 Å². The summed E-state index contributed by atoms with van der Waals surface area (Å²) < 4.78 is 4.11. The van der Waals surface area contributed by atoms with Gasteiger partial charge in [0.2, 0.25) is 0 Å². The van der Waals surface area contributed by atoms with Gasteiger partial charge in [0.25, 0.3) is 0 Å². The van der Waals surface area contributed by atoms with Crippen LogP contribution in [-0.4, -0.2) is 24.8 Å². The van der Waals surface area contributed by atoms with Crippen LogP contribution in [-0.2, 0) is 9.53 Å². The Bertz CT molecular complexity index is 89.3. The highest BCUT2D eigenvalue weighted by atomic mass is 16.5. The number of rotatable bonds is 2. The molecular weight excluding hydrogens is 144 g/mol. The summed E-state index contributed by atoms with van der Waals surface area (Å²) in [5.74, 6) is 0.403. The van der Waals surface area contributed by atoms with E-state index < -0.39 is 0 Å². The number of aliphatic hydroxyl groups excluding tert-OH is 1. The Balaban J connectivity index is 0. The van der Waals surface area contributed by atoms with Crippen LogP contribution >= 0.6 is 0 Å². The van der Waals surface area contributed by atoms with Gasteiger partial charge in [-0.3, -0.25) is 4.79 Å². The van der Waals surface area contributed by atoms with Crippen molar-refractivity contribution in [1.82, 2.24) is 0 Å². The molecule has 0 aromatic carbocycles. The Kier molecular flexibility index (Phi) is 11.2. The van der Waals surface area contributed by atoms with Gasteiger partial charge in [0, 0.05) is 13.5 Å². The zero-order valence-electron chi connectivity index (χ0n) is 7.76. The van der Waals surface area contributed by atoms with Gasteiger partial charge in [-0.05, 0) is 12.3 Å². The van der Waals surface area contributed by atoms with E-state index in [-0.39, 0.29) is 5.97 Å². The molecule has 0 aliphatic rings. The van der Waals surface area contributed by atoms with Crippen molar-refractivity contribution in [2.45, 2.75) is 27.2 Å². The van der Waals surface area contributed by atoms with Gasteiger partial charge in [-0.25, -0.2) is 0 Å². The molecule has 0 aliphatic carbocycles. The number of aliphatic hydroxyl groups is 1. The number of carbonyl (C=O) groups is 1. The van der Waals surface area contributed by atoms with Gasteiger partial charge in [0.15, 0.2) is 0 Å². The normalized spacial score (nSPS) is 8.55. The lowest BCUT2D eigenvalue weighted by atomic mass is 10.2. The van der Waals surface area contributed by atoms with E-state index in [0.717, 1.165) is 6.42 Å². The molecule has 0 saturated carbocycles. The van der Waals surface area contributed by atoms with Gasteiger partial charge >= 0.3 is 5.97 Å². The number of esters is 1. The van der Waals surface area contributed by atoms with Crippen molar-refractivity contribution >= 4 is 5.97 Å². The molecule has 11 heavy (non-hydrogen) atoms. The summed E-state index contributed by atoms with van der Waals surface area (Å²) in [4.78, 5) is 9.59. The standard InChI is InChI=1S/C5H12O.C3H6O2/c1-5(2)3-4-6;1-3(4)5-2/h5-6H,3-4H2,1-2H3;1-2H3. The molecule has 0 aromatic rings. The maximum absolute atomic E-state index is 9.59.